The molecule has 1 aliphatic rings. The summed E-state index contributed by atoms with van der Waals surface area (Å²) < 4.78 is 5.11. The average Bonchev–Trinajstić information content (AvgIpc) is 3.14. The van der Waals surface area contributed by atoms with Crippen molar-refractivity contribution in [1.29, 1.82) is 0 Å². The molecule has 1 aromatic carbocycles. The Hall–Kier alpha value is -2.67. The van der Waals surface area contributed by atoms with Gasteiger partial charge in [0, 0.05) is 4.88 Å². The standard InChI is InChI=1S/C16H15N3O3S/c1-16(11-5-7-12(22-2)8-6-11)14(20)19(15(21)18-16)17-10-13-4-3-9-23-13/h3-10H,1-2H3,(H,18,21). The van der Waals surface area contributed by atoms with Crippen molar-refractivity contribution < 1.29 is 14.3 Å². The molecule has 1 N–H and O–H groups in total. The lowest BCUT2D eigenvalue weighted by atomic mass is 9.92. The van der Waals surface area contributed by atoms with Gasteiger partial charge in [-0.25, -0.2) is 4.79 Å². The zero-order chi connectivity index (χ0) is 16.4. The molecule has 23 heavy (non-hydrogen) atoms. The minimum atomic E-state index is -1.14. The summed E-state index contributed by atoms with van der Waals surface area (Å²) in [5.41, 5.74) is -0.471. The fraction of sp³-hybridized carbons (Fsp3) is 0.188. The summed E-state index contributed by atoms with van der Waals surface area (Å²) in [5.74, 6) is 0.266. The lowest BCUT2D eigenvalue weighted by Crippen LogP contribution is -2.40. The molecule has 3 rings (SSSR count). The van der Waals surface area contributed by atoms with Gasteiger partial charge in [-0.1, -0.05) is 18.2 Å². The van der Waals surface area contributed by atoms with E-state index in [0.717, 1.165) is 9.89 Å². The molecule has 1 atom stereocenters. The lowest BCUT2D eigenvalue weighted by molar-refractivity contribution is -0.131. The SMILES string of the molecule is COc1ccc(C2(C)NC(=O)N(N=Cc3cccs3)C2=O)cc1. The minimum absolute atomic E-state index is 0.416. The van der Waals surface area contributed by atoms with Crippen molar-refractivity contribution in [2.75, 3.05) is 7.11 Å². The molecule has 0 spiro atoms. The quantitative estimate of drug-likeness (QED) is 0.692. The molecule has 0 bridgehead atoms. The third-order valence-corrected chi connectivity index (χ3v) is 4.49. The number of rotatable bonds is 4. The number of thiophene rings is 1. The van der Waals surface area contributed by atoms with Gasteiger partial charge in [0.05, 0.1) is 13.3 Å². The van der Waals surface area contributed by atoms with E-state index in [1.54, 1.807) is 38.3 Å². The third-order valence-electron chi connectivity index (χ3n) is 3.68. The van der Waals surface area contributed by atoms with Gasteiger partial charge in [-0.15, -0.1) is 16.3 Å². The number of benzene rings is 1. The smallest absolute Gasteiger partial charge is 0.346 e. The van der Waals surface area contributed by atoms with Gasteiger partial charge in [0.15, 0.2) is 0 Å². The summed E-state index contributed by atoms with van der Waals surface area (Å²) in [4.78, 5) is 25.6. The van der Waals surface area contributed by atoms with Crippen LogP contribution in [0, 0.1) is 0 Å². The van der Waals surface area contributed by atoms with Gasteiger partial charge in [0.2, 0.25) is 0 Å². The van der Waals surface area contributed by atoms with Crippen LogP contribution in [0.4, 0.5) is 4.79 Å². The Morgan fingerprint density at radius 3 is 2.61 bits per heavy atom. The Morgan fingerprint density at radius 1 is 1.26 bits per heavy atom. The summed E-state index contributed by atoms with van der Waals surface area (Å²) in [7, 11) is 1.57. The summed E-state index contributed by atoms with van der Waals surface area (Å²) in [5, 5.41) is 9.48. The van der Waals surface area contributed by atoms with Gasteiger partial charge in [-0.3, -0.25) is 4.79 Å². The number of hydrazone groups is 1. The van der Waals surface area contributed by atoms with Crippen LogP contribution >= 0.6 is 11.3 Å². The van der Waals surface area contributed by atoms with Crippen molar-refractivity contribution in [3.63, 3.8) is 0 Å². The minimum Gasteiger partial charge on any atom is -0.497 e. The van der Waals surface area contributed by atoms with E-state index >= 15 is 0 Å². The second kappa shape index (κ2) is 5.85. The van der Waals surface area contributed by atoms with Crippen LogP contribution < -0.4 is 10.1 Å². The highest BCUT2D eigenvalue weighted by molar-refractivity contribution is 7.11. The first-order chi connectivity index (χ1) is 11.0. The number of amides is 3. The van der Waals surface area contributed by atoms with E-state index in [9.17, 15) is 9.59 Å². The van der Waals surface area contributed by atoms with Gasteiger partial charge in [0.1, 0.15) is 11.3 Å². The van der Waals surface area contributed by atoms with Crippen LogP contribution in [0.15, 0.2) is 46.9 Å². The number of carbonyl (C=O) groups excluding carboxylic acids is 2. The van der Waals surface area contributed by atoms with Crippen LogP contribution in [-0.4, -0.2) is 30.3 Å². The molecule has 1 aliphatic heterocycles. The van der Waals surface area contributed by atoms with E-state index in [0.29, 0.717) is 11.3 Å². The number of hydrogen-bond acceptors (Lipinski definition) is 5. The van der Waals surface area contributed by atoms with Gasteiger partial charge < -0.3 is 10.1 Å². The number of methoxy groups -OCH3 is 1. The molecular formula is C16H15N3O3S. The molecule has 2 aromatic rings. The molecular weight excluding hydrogens is 314 g/mol. The molecule has 2 heterocycles. The molecule has 118 valence electrons. The predicted molar refractivity (Wildman–Crippen MR) is 87.6 cm³/mol. The van der Waals surface area contributed by atoms with Crippen LogP contribution in [0.25, 0.3) is 0 Å². The normalized spacial score (nSPS) is 21.0. The molecule has 0 saturated carbocycles. The highest BCUT2D eigenvalue weighted by Gasteiger charge is 2.49. The van der Waals surface area contributed by atoms with Crippen LogP contribution in [0.3, 0.4) is 0 Å². The summed E-state index contributed by atoms with van der Waals surface area (Å²) in [6.07, 6.45) is 1.50. The van der Waals surface area contributed by atoms with Crippen LogP contribution in [-0.2, 0) is 10.3 Å². The number of hydrogen-bond donors (Lipinski definition) is 1. The first-order valence-corrected chi connectivity index (χ1v) is 7.81. The van der Waals surface area contributed by atoms with Gasteiger partial charge in [-0.05, 0) is 36.1 Å². The first kappa shape index (κ1) is 15.2. The number of urea groups is 1. The topological polar surface area (TPSA) is 71.0 Å². The van der Waals surface area contributed by atoms with Crippen molar-refractivity contribution in [1.82, 2.24) is 10.3 Å². The molecule has 6 nitrogen and oxygen atoms in total. The third kappa shape index (κ3) is 2.70. The molecule has 1 fully saturated rings. The Balaban J connectivity index is 1.86. The number of nitrogens with one attached hydrogen (secondary N) is 1. The van der Waals surface area contributed by atoms with E-state index < -0.39 is 17.5 Å². The van der Waals surface area contributed by atoms with Crippen molar-refractivity contribution in [2.45, 2.75) is 12.5 Å². The Bertz CT molecular complexity index is 755. The average molecular weight is 329 g/mol. The monoisotopic (exact) mass is 329 g/mol. The molecule has 7 heteroatoms. The summed E-state index contributed by atoms with van der Waals surface area (Å²) in [6.45, 7) is 1.66. The van der Waals surface area contributed by atoms with Gasteiger partial charge in [0.25, 0.3) is 5.91 Å². The maximum atomic E-state index is 12.7. The molecule has 1 aromatic heterocycles. The van der Waals surface area contributed by atoms with Crippen molar-refractivity contribution in [2.24, 2.45) is 5.10 Å². The molecule has 1 saturated heterocycles. The van der Waals surface area contributed by atoms with Crippen LogP contribution in [0.2, 0.25) is 0 Å². The molecule has 3 amide bonds. The fourth-order valence-corrected chi connectivity index (χ4v) is 2.91. The van der Waals surface area contributed by atoms with E-state index in [4.69, 9.17) is 4.74 Å². The second-order valence-electron chi connectivity index (χ2n) is 5.16. The number of imide groups is 1. The van der Waals surface area contributed by atoms with E-state index in [1.807, 2.05) is 17.5 Å². The fourth-order valence-electron chi connectivity index (χ4n) is 2.33. The largest absolute Gasteiger partial charge is 0.497 e. The second-order valence-corrected chi connectivity index (χ2v) is 6.14. The zero-order valence-corrected chi connectivity index (χ0v) is 13.5. The lowest BCUT2D eigenvalue weighted by Gasteiger charge is -2.21. The van der Waals surface area contributed by atoms with E-state index in [2.05, 4.69) is 10.4 Å². The number of ether oxygens (including phenoxy) is 1. The molecule has 0 radical (unpaired) electrons. The Labute approximate surface area is 137 Å². The van der Waals surface area contributed by atoms with Crippen molar-refractivity contribution in [3.8, 4) is 5.75 Å². The van der Waals surface area contributed by atoms with E-state index in [1.165, 1.54) is 17.6 Å². The maximum Gasteiger partial charge on any atom is 0.346 e. The highest BCUT2D eigenvalue weighted by Crippen LogP contribution is 2.30. The Morgan fingerprint density at radius 2 is 2.00 bits per heavy atom. The first-order valence-electron chi connectivity index (χ1n) is 6.93. The van der Waals surface area contributed by atoms with Crippen LogP contribution in [0.5, 0.6) is 5.75 Å². The summed E-state index contributed by atoms with van der Waals surface area (Å²) >= 11 is 1.48. The zero-order valence-electron chi connectivity index (χ0n) is 12.6. The summed E-state index contributed by atoms with van der Waals surface area (Å²) in [6, 6.07) is 10.2. The predicted octanol–water partition coefficient (Wildman–Crippen LogP) is 2.56. The highest BCUT2D eigenvalue weighted by atomic mass is 32.1. The molecule has 1 unspecified atom stereocenters. The van der Waals surface area contributed by atoms with Gasteiger partial charge in [-0.2, -0.15) is 5.10 Å². The maximum absolute atomic E-state index is 12.7. The van der Waals surface area contributed by atoms with Crippen molar-refractivity contribution >= 4 is 29.5 Å². The number of carbonyl (C=O) groups is 2. The number of nitrogens with zero attached hydrogens (tertiary/aromatic N) is 2. The van der Waals surface area contributed by atoms with Crippen LogP contribution in [0.1, 0.15) is 17.4 Å². The van der Waals surface area contributed by atoms with Crippen molar-refractivity contribution in [3.05, 3.63) is 52.2 Å². The Kier molecular flexibility index (Phi) is 3.87. The van der Waals surface area contributed by atoms with Gasteiger partial charge >= 0.3 is 6.03 Å². The van der Waals surface area contributed by atoms with E-state index in [-0.39, 0.29) is 0 Å². The molecule has 0 aliphatic carbocycles.